The molecule has 1 unspecified atom stereocenters. The molecule has 1 aromatic heterocycles. The van der Waals surface area contributed by atoms with E-state index in [-0.39, 0.29) is 42.9 Å². The summed E-state index contributed by atoms with van der Waals surface area (Å²) in [7, 11) is 0. The molecule has 1 aliphatic rings. The van der Waals surface area contributed by atoms with Crippen LogP contribution in [0.15, 0.2) is 29.1 Å². The minimum atomic E-state index is -0.211. The molecular formula is C16H22ClN5O2. The van der Waals surface area contributed by atoms with Crippen LogP contribution in [-0.2, 0) is 11.3 Å². The van der Waals surface area contributed by atoms with E-state index in [2.05, 4.69) is 10.3 Å². The summed E-state index contributed by atoms with van der Waals surface area (Å²) < 4.78 is 1.27. The third kappa shape index (κ3) is 3.73. The molecule has 1 amide bonds. The molecule has 0 radical (unpaired) electrons. The Morgan fingerprint density at radius 1 is 1.29 bits per heavy atom. The number of hydrogen-bond donors (Lipinski definition) is 1. The second kappa shape index (κ2) is 8.21. The Hall–Kier alpha value is -1.99. The van der Waals surface area contributed by atoms with Crippen molar-refractivity contribution >= 4 is 29.2 Å². The number of amides is 1. The smallest absolute Gasteiger partial charge is 0.277 e. The number of rotatable bonds is 4. The number of halogens is 1. The van der Waals surface area contributed by atoms with Crippen molar-refractivity contribution in [2.75, 3.05) is 13.1 Å². The maximum atomic E-state index is 12.4. The number of aryl methyl sites for hydroxylation is 1. The van der Waals surface area contributed by atoms with E-state index in [0.717, 1.165) is 25.8 Å². The van der Waals surface area contributed by atoms with Crippen molar-refractivity contribution in [3.8, 4) is 0 Å². The standard InChI is InChI=1S/C16H21N5O2.ClH/c17-11-12-5-3-4-9-20(12)15(22)8-10-21-16(23)13-6-1-2-7-14(13)18-19-21;/h1-2,6-7,12H,3-5,8-11,17H2;1H. The SMILES string of the molecule is Cl.NCC1CCCCN1C(=O)CCn1nnc2ccccc2c1=O. The van der Waals surface area contributed by atoms with Crippen LogP contribution in [0.25, 0.3) is 10.9 Å². The van der Waals surface area contributed by atoms with Crippen LogP contribution in [0.1, 0.15) is 25.7 Å². The number of carbonyl (C=O) groups excluding carboxylic acids is 1. The number of benzene rings is 1. The third-order valence-corrected chi connectivity index (χ3v) is 4.39. The normalized spacial score (nSPS) is 17.5. The minimum Gasteiger partial charge on any atom is -0.338 e. The summed E-state index contributed by atoms with van der Waals surface area (Å²) in [5, 5.41) is 8.47. The van der Waals surface area contributed by atoms with Gasteiger partial charge in [-0.3, -0.25) is 9.59 Å². The maximum Gasteiger partial charge on any atom is 0.277 e. The summed E-state index contributed by atoms with van der Waals surface area (Å²) in [6, 6.07) is 7.20. The monoisotopic (exact) mass is 351 g/mol. The van der Waals surface area contributed by atoms with Crippen LogP contribution in [0.5, 0.6) is 0 Å². The predicted octanol–water partition coefficient (Wildman–Crippen LogP) is 0.943. The lowest BCUT2D eigenvalue weighted by atomic mass is 10.0. The molecule has 2 heterocycles. The minimum absolute atomic E-state index is 0. The Balaban J connectivity index is 0.00000208. The third-order valence-electron chi connectivity index (χ3n) is 4.39. The van der Waals surface area contributed by atoms with Gasteiger partial charge in [0.1, 0.15) is 5.52 Å². The molecule has 1 fully saturated rings. The van der Waals surface area contributed by atoms with Gasteiger partial charge in [-0.2, -0.15) is 0 Å². The molecule has 1 aromatic carbocycles. The highest BCUT2D eigenvalue weighted by atomic mass is 35.5. The van der Waals surface area contributed by atoms with Crippen LogP contribution < -0.4 is 11.3 Å². The molecule has 7 nitrogen and oxygen atoms in total. The quantitative estimate of drug-likeness (QED) is 0.884. The Kier molecular flexibility index (Phi) is 6.28. The molecule has 130 valence electrons. The van der Waals surface area contributed by atoms with Gasteiger partial charge in [0, 0.05) is 25.6 Å². The van der Waals surface area contributed by atoms with Crippen molar-refractivity contribution in [3.63, 3.8) is 0 Å². The highest BCUT2D eigenvalue weighted by Crippen LogP contribution is 2.17. The number of carbonyl (C=O) groups is 1. The van der Waals surface area contributed by atoms with Gasteiger partial charge in [0.15, 0.2) is 0 Å². The molecule has 0 aliphatic carbocycles. The number of fused-ring (bicyclic) bond motifs is 1. The van der Waals surface area contributed by atoms with E-state index < -0.39 is 0 Å². The molecule has 0 spiro atoms. The van der Waals surface area contributed by atoms with Gasteiger partial charge in [0.05, 0.1) is 11.9 Å². The second-order valence-corrected chi connectivity index (χ2v) is 5.86. The molecule has 24 heavy (non-hydrogen) atoms. The highest BCUT2D eigenvalue weighted by molar-refractivity contribution is 5.85. The van der Waals surface area contributed by atoms with E-state index in [1.54, 1.807) is 18.2 Å². The number of likely N-dealkylation sites (tertiary alicyclic amines) is 1. The van der Waals surface area contributed by atoms with Crippen molar-refractivity contribution < 1.29 is 4.79 Å². The Bertz CT molecular complexity index is 763. The Morgan fingerprint density at radius 2 is 2.08 bits per heavy atom. The second-order valence-electron chi connectivity index (χ2n) is 5.86. The van der Waals surface area contributed by atoms with E-state index in [4.69, 9.17) is 5.73 Å². The molecule has 2 N–H and O–H groups in total. The number of nitrogens with zero attached hydrogens (tertiary/aromatic N) is 4. The van der Waals surface area contributed by atoms with E-state index in [0.29, 0.717) is 17.4 Å². The number of aromatic nitrogens is 3. The van der Waals surface area contributed by atoms with E-state index in [1.807, 2.05) is 11.0 Å². The first-order valence-corrected chi connectivity index (χ1v) is 8.03. The average Bonchev–Trinajstić information content (AvgIpc) is 2.61. The van der Waals surface area contributed by atoms with Crippen LogP contribution in [0.4, 0.5) is 0 Å². The Labute approximate surface area is 146 Å². The molecule has 2 aromatic rings. The first kappa shape index (κ1) is 18.4. The summed E-state index contributed by atoms with van der Waals surface area (Å²) in [5.74, 6) is 0.0296. The zero-order valence-electron chi connectivity index (χ0n) is 13.4. The molecule has 0 saturated carbocycles. The molecule has 1 atom stereocenters. The van der Waals surface area contributed by atoms with Crippen molar-refractivity contribution in [1.29, 1.82) is 0 Å². The van der Waals surface area contributed by atoms with Crippen LogP contribution >= 0.6 is 12.4 Å². The lowest BCUT2D eigenvalue weighted by molar-refractivity contribution is -0.134. The molecule has 0 bridgehead atoms. The summed E-state index contributed by atoms with van der Waals surface area (Å²) in [5.41, 5.74) is 6.11. The predicted molar refractivity (Wildman–Crippen MR) is 94.1 cm³/mol. The first-order chi connectivity index (χ1) is 11.2. The van der Waals surface area contributed by atoms with Crippen LogP contribution in [0, 0.1) is 0 Å². The summed E-state index contributed by atoms with van der Waals surface area (Å²) >= 11 is 0. The summed E-state index contributed by atoms with van der Waals surface area (Å²) in [6.45, 7) is 1.48. The first-order valence-electron chi connectivity index (χ1n) is 8.03. The number of nitrogens with two attached hydrogens (primary N) is 1. The molecule has 8 heteroatoms. The lowest BCUT2D eigenvalue weighted by Crippen LogP contribution is -2.47. The highest BCUT2D eigenvalue weighted by Gasteiger charge is 2.25. The van der Waals surface area contributed by atoms with E-state index in [9.17, 15) is 9.59 Å². The molecule has 1 aliphatic heterocycles. The van der Waals surface area contributed by atoms with Crippen LogP contribution in [0.3, 0.4) is 0 Å². The van der Waals surface area contributed by atoms with Gasteiger partial charge >= 0.3 is 0 Å². The van der Waals surface area contributed by atoms with Gasteiger partial charge in [0.25, 0.3) is 5.56 Å². The van der Waals surface area contributed by atoms with E-state index in [1.165, 1.54) is 4.68 Å². The Morgan fingerprint density at radius 3 is 2.88 bits per heavy atom. The van der Waals surface area contributed by atoms with Gasteiger partial charge in [-0.1, -0.05) is 17.3 Å². The van der Waals surface area contributed by atoms with Gasteiger partial charge in [-0.05, 0) is 31.4 Å². The van der Waals surface area contributed by atoms with Crippen molar-refractivity contribution in [3.05, 3.63) is 34.6 Å². The van der Waals surface area contributed by atoms with Crippen molar-refractivity contribution in [2.24, 2.45) is 5.73 Å². The number of piperidine rings is 1. The summed E-state index contributed by atoms with van der Waals surface area (Å²) in [4.78, 5) is 26.6. The van der Waals surface area contributed by atoms with Crippen LogP contribution in [0.2, 0.25) is 0 Å². The number of hydrogen-bond acceptors (Lipinski definition) is 5. The molecular weight excluding hydrogens is 330 g/mol. The topological polar surface area (TPSA) is 94.1 Å². The van der Waals surface area contributed by atoms with Crippen molar-refractivity contribution in [2.45, 2.75) is 38.3 Å². The summed E-state index contributed by atoms with van der Waals surface area (Å²) in [6.07, 6.45) is 3.32. The average molecular weight is 352 g/mol. The zero-order chi connectivity index (χ0) is 16.2. The molecule has 3 rings (SSSR count). The lowest BCUT2D eigenvalue weighted by Gasteiger charge is -2.35. The van der Waals surface area contributed by atoms with Gasteiger partial charge < -0.3 is 10.6 Å². The van der Waals surface area contributed by atoms with E-state index >= 15 is 0 Å². The van der Waals surface area contributed by atoms with Gasteiger partial charge in [-0.25, -0.2) is 4.68 Å². The fourth-order valence-electron chi connectivity index (χ4n) is 3.09. The fraction of sp³-hybridized carbons (Fsp3) is 0.500. The zero-order valence-corrected chi connectivity index (χ0v) is 14.2. The van der Waals surface area contributed by atoms with Gasteiger partial charge in [0.2, 0.25) is 5.91 Å². The molecule has 1 saturated heterocycles. The maximum absolute atomic E-state index is 12.4. The largest absolute Gasteiger partial charge is 0.338 e. The van der Waals surface area contributed by atoms with Gasteiger partial charge in [-0.15, -0.1) is 17.5 Å². The van der Waals surface area contributed by atoms with Crippen molar-refractivity contribution in [1.82, 2.24) is 19.9 Å². The fourth-order valence-corrected chi connectivity index (χ4v) is 3.09. The van der Waals surface area contributed by atoms with Crippen LogP contribution in [-0.4, -0.2) is 44.9 Å².